The number of benzene rings is 1. The smallest absolute Gasteiger partial charge is 0.270 e. The molecule has 1 atom stereocenters. The van der Waals surface area contributed by atoms with Crippen LogP contribution in [0.25, 0.3) is 11.1 Å². The molecule has 0 bridgehead atoms. The highest BCUT2D eigenvalue weighted by atomic mass is 16.2. The summed E-state index contributed by atoms with van der Waals surface area (Å²) in [5, 5.41) is 18.0. The first-order valence-electron chi connectivity index (χ1n) is 13.3. The molecule has 0 spiro atoms. The van der Waals surface area contributed by atoms with E-state index in [-0.39, 0.29) is 23.8 Å². The monoisotopic (exact) mass is 486 g/mol. The first kappa shape index (κ1) is 23.0. The molecule has 0 radical (unpaired) electrons. The number of nitrogens with zero attached hydrogens (tertiary/aromatic N) is 3. The molecule has 3 saturated carbocycles. The fourth-order valence-corrected chi connectivity index (χ4v) is 5.78. The van der Waals surface area contributed by atoms with Gasteiger partial charge in [0.2, 0.25) is 5.91 Å². The lowest BCUT2D eigenvalue weighted by Crippen LogP contribution is -2.50. The molecule has 3 fully saturated rings. The molecular formula is C28H34N6O2. The second-order valence-corrected chi connectivity index (χ2v) is 10.8. The van der Waals surface area contributed by atoms with Crippen molar-refractivity contribution in [1.82, 2.24) is 25.3 Å². The Balaban J connectivity index is 1.21. The second kappa shape index (κ2) is 9.22. The van der Waals surface area contributed by atoms with Crippen LogP contribution in [0, 0.1) is 31.6 Å². The van der Waals surface area contributed by atoms with Crippen molar-refractivity contribution in [2.75, 3.05) is 5.32 Å². The van der Waals surface area contributed by atoms with Gasteiger partial charge in [0.25, 0.3) is 5.91 Å². The summed E-state index contributed by atoms with van der Waals surface area (Å²) in [7, 11) is 0. The first-order valence-corrected chi connectivity index (χ1v) is 13.3. The molecule has 0 aliphatic heterocycles. The molecule has 3 aliphatic rings. The van der Waals surface area contributed by atoms with E-state index >= 15 is 0 Å². The van der Waals surface area contributed by atoms with Crippen molar-refractivity contribution in [3.63, 3.8) is 0 Å². The zero-order valence-electron chi connectivity index (χ0n) is 21.0. The summed E-state index contributed by atoms with van der Waals surface area (Å²) < 4.78 is 1.84. The molecule has 3 aliphatic carbocycles. The number of amides is 2. The molecule has 3 aromatic rings. The van der Waals surface area contributed by atoms with Crippen LogP contribution in [0.2, 0.25) is 0 Å². The molecule has 8 heteroatoms. The standard InChI is InChI=1S/C28H34N6O2/c1-16-24(17(2)33-32-16)18-10-12-21(13-11-18)30-28(36)26(25(19-6-7-19)20-8-9-20)31-27(35)23-14-15-29-34(23)22-4-3-5-22/h10-15,19-20,22,25-26H,3-9H2,1-2H3,(H,30,36)(H,31,35)(H,32,33)/t26-/m0/s1. The Bertz CT molecular complexity index is 1230. The van der Waals surface area contributed by atoms with E-state index in [9.17, 15) is 9.59 Å². The second-order valence-electron chi connectivity index (χ2n) is 10.8. The van der Waals surface area contributed by atoms with Crippen LogP contribution in [0.1, 0.15) is 72.9 Å². The molecule has 2 aromatic heterocycles. The molecule has 188 valence electrons. The summed E-state index contributed by atoms with van der Waals surface area (Å²) in [4.78, 5) is 27.1. The Morgan fingerprint density at radius 2 is 1.69 bits per heavy atom. The van der Waals surface area contributed by atoms with E-state index in [1.807, 2.05) is 42.8 Å². The van der Waals surface area contributed by atoms with Gasteiger partial charge in [0.15, 0.2) is 0 Å². The van der Waals surface area contributed by atoms with Crippen molar-refractivity contribution in [2.24, 2.45) is 17.8 Å². The summed E-state index contributed by atoms with van der Waals surface area (Å²) in [6, 6.07) is 9.36. The lowest BCUT2D eigenvalue weighted by Gasteiger charge is -2.29. The Hall–Kier alpha value is -3.42. The van der Waals surface area contributed by atoms with Gasteiger partial charge in [0.1, 0.15) is 11.7 Å². The maximum atomic E-state index is 13.7. The van der Waals surface area contributed by atoms with Crippen LogP contribution < -0.4 is 10.6 Å². The number of aromatic nitrogens is 4. The van der Waals surface area contributed by atoms with E-state index in [4.69, 9.17) is 0 Å². The van der Waals surface area contributed by atoms with E-state index in [1.165, 1.54) is 6.42 Å². The minimum atomic E-state index is -0.555. The lowest BCUT2D eigenvalue weighted by atomic mass is 9.88. The number of aromatic amines is 1. The number of carbonyl (C=O) groups is 2. The molecule has 2 amide bonds. The van der Waals surface area contributed by atoms with Crippen LogP contribution in [0.3, 0.4) is 0 Å². The number of carbonyl (C=O) groups excluding carboxylic acids is 2. The van der Waals surface area contributed by atoms with E-state index < -0.39 is 6.04 Å². The fraction of sp³-hybridized carbons (Fsp3) is 0.500. The minimum absolute atomic E-state index is 0.134. The Kier molecular flexibility index (Phi) is 5.90. The number of H-pyrrole nitrogens is 1. The minimum Gasteiger partial charge on any atom is -0.339 e. The number of rotatable bonds is 9. The van der Waals surface area contributed by atoms with Crippen LogP contribution in [0.4, 0.5) is 5.69 Å². The average molecular weight is 487 g/mol. The van der Waals surface area contributed by atoms with Crippen molar-refractivity contribution in [3.05, 3.63) is 53.6 Å². The van der Waals surface area contributed by atoms with Crippen molar-refractivity contribution < 1.29 is 9.59 Å². The summed E-state index contributed by atoms with van der Waals surface area (Å²) in [5.41, 5.74) is 5.39. The summed E-state index contributed by atoms with van der Waals surface area (Å²) >= 11 is 0. The molecule has 0 saturated heterocycles. The van der Waals surface area contributed by atoms with Gasteiger partial charge < -0.3 is 10.6 Å². The maximum absolute atomic E-state index is 13.7. The van der Waals surface area contributed by atoms with Crippen molar-refractivity contribution in [3.8, 4) is 11.1 Å². The van der Waals surface area contributed by atoms with Crippen LogP contribution in [0.5, 0.6) is 0 Å². The van der Waals surface area contributed by atoms with Crippen LogP contribution >= 0.6 is 0 Å². The first-order chi connectivity index (χ1) is 17.5. The molecule has 2 heterocycles. The average Bonchev–Trinajstić information content (AvgIpc) is 3.76. The van der Waals surface area contributed by atoms with E-state index in [0.29, 0.717) is 17.5 Å². The van der Waals surface area contributed by atoms with Gasteiger partial charge >= 0.3 is 0 Å². The van der Waals surface area contributed by atoms with Gasteiger partial charge in [-0.1, -0.05) is 12.1 Å². The summed E-state index contributed by atoms with van der Waals surface area (Å²) in [6.07, 6.45) is 9.50. The maximum Gasteiger partial charge on any atom is 0.270 e. The van der Waals surface area contributed by atoms with Gasteiger partial charge in [0, 0.05) is 23.1 Å². The highest BCUT2D eigenvalue weighted by Crippen LogP contribution is 2.51. The summed E-state index contributed by atoms with van der Waals surface area (Å²) in [5.74, 6) is 0.876. The van der Waals surface area contributed by atoms with Gasteiger partial charge in [0.05, 0.1) is 11.7 Å². The predicted octanol–water partition coefficient (Wildman–Crippen LogP) is 4.79. The third-order valence-corrected chi connectivity index (χ3v) is 8.18. The lowest BCUT2D eigenvalue weighted by molar-refractivity contribution is -0.119. The van der Waals surface area contributed by atoms with Crippen molar-refractivity contribution >= 4 is 17.5 Å². The van der Waals surface area contributed by atoms with Crippen LogP contribution in [-0.4, -0.2) is 37.8 Å². The highest BCUT2D eigenvalue weighted by molar-refractivity contribution is 6.01. The fourth-order valence-electron chi connectivity index (χ4n) is 5.78. The normalized spacial score (nSPS) is 18.6. The number of aryl methyl sites for hydroxylation is 2. The zero-order chi connectivity index (χ0) is 24.8. The molecule has 36 heavy (non-hydrogen) atoms. The number of hydrogen-bond acceptors (Lipinski definition) is 4. The molecule has 8 nitrogen and oxygen atoms in total. The van der Waals surface area contributed by atoms with E-state index in [1.54, 1.807) is 12.3 Å². The largest absolute Gasteiger partial charge is 0.339 e. The van der Waals surface area contributed by atoms with Gasteiger partial charge in [-0.25, -0.2) is 0 Å². The zero-order valence-corrected chi connectivity index (χ0v) is 21.0. The van der Waals surface area contributed by atoms with Crippen molar-refractivity contribution in [2.45, 2.75) is 70.9 Å². The van der Waals surface area contributed by atoms with E-state index in [0.717, 1.165) is 66.7 Å². The molecular weight excluding hydrogens is 452 g/mol. The Morgan fingerprint density at radius 3 is 2.25 bits per heavy atom. The molecule has 3 N–H and O–H groups in total. The van der Waals surface area contributed by atoms with Crippen molar-refractivity contribution in [1.29, 1.82) is 0 Å². The van der Waals surface area contributed by atoms with Gasteiger partial charge in [-0.3, -0.25) is 19.4 Å². The number of nitrogens with one attached hydrogen (secondary N) is 3. The van der Waals surface area contributed by atoms with E-state index in [2.05, 4.69) is 25.9 Å². The van der Waals surface area contributed by atoms with Crippen LogP contribution in [0.15, 0.2) is 36.5 Å². The SMILES string of the molecule is Cc1n[nH]c(C)c1-c1ccc(NC(=O)[C@@H](NC(=O)c2ccnn2C2CCC2)C(C2CC2)C2CC2)cc1. The Morgan fingerprint density at radius 1 is 1.00 bits per heavy atom. The summed E-state index contributed by atoms with van der Waals surface area (Å²) in [6.45, 7) is 3.99. The van der Waals surface area contributed by atoms with Gasteiger partial charge in [-0.2, -0.15) is 10.2 Å². The third kappa shape index (κ3) is 4.45. The molecule has 0 unspecified atom stereocenters. The highest BCUT2D eigenvalue weighted by Gasteiger charge is 2.48. The number of hydrogen-bond donors (Lipinski definition) is 3. The number of anilines is 1. The molecule has 6 rings (SSSR count). The van der Waals surface area contributed by atoms with Gasteiger partial charge in [-0.15, -0.1) is 0 Å². The predicted molar refractivity (Wildman–Crippen MR) is 137 cm³/mol. The van der Waals surface area contributed by atoms with Crippen LogP contribution in [-0.2, 0) is 4.79 Å². The molecule has 1 aromatic carbocycles. The third-order valence-electron chi connectivity index (χ3n) is 8.18. The van der Waals surface area contributed by atoms with Gasteiger partial charge in [-0.05, 0) is 100 Å². The topological polar surface area (TPSA) is 105 Å². The Labute approximate surface area is 211 Å². The quantitative estimate of drug-likeness (QED) is 0.404.